The lowest BCUT2D eigenvalue weighted by molar-refractivity contribution is -0.0523. The van der Waals surface area contributed by atoms with E-state index >= 15 is 0 Å². The second kappa shape index (κ2) is 9.73. The number of aliphatic hydroxyl groups excluding tert-OH is 1. The molecule has 1 aliphatic carbocycles. The second-order valence-corrected chi connectivity index (χ2v) is 5.26. The zero-order valence-electron chi connectivity index (χ0n) is 11.6. The van der Waals surface area contributed by atoms with Gasteiger partial charge in [0.25, 0.3) is 0 Å². The van der Waals surface area contributed by atoms with Gasteiger partial charge < -0.3 is 20.3 Å². The van der Waals surface area contributed by atoms with E-state index in [1.807, 2.05) is 0 Å². The molecule has 0 aromatic heterocycles. The van der Waals surface area contributed by atoms with Crippen molar-refractivity contribution in [3.05, 3.63) is 0 Å². The van der Waals surface area contributed by atoms with E-state index in [2.05, 4.69) is 6.92 Å². The molecule has 108 valence electrons. The molecule has 18 heavy (non-hydrogen) atoms. The molecule has 0 aromatic carbocycles. The van der Waals surface area contributed by atoms with Gasteiger partial charge in [0.05, 0.1) is 19.3 Å². The minimum atomic E-state index is -0.530. The third kappa shape index (κ3) is 6.69. The highest BCUT2D eigenvalue weighted by molar-refractivity contribution is 4.77. The monoisotopic (exact) mass is 259 g/mol. The SMILES string of the molecule is CCCCOCC(O)COC1CCCCCC1N. The Balaban J connectivity index is 2.10. The lowest BCUT2D eigenvalue weighted by atomic mass is 10.1. The first-order valence-corrected chi connectivity index (χ1v) is 7.37. The molecular weight excluding hydrogens is 230 g/mol. The van der Waals surface area contributed by atoms with Crippen LogP contribution in [0.4, 0.5) is 0 Å². The van der Waals surface area contributed by atoms with Crippen molar-refractivity contribution in [2.24, 2.45) is 5.73 Å². The van der Waals surface area contributed by atoms with Crippen LogP contribution in [-0.2, 0) is 9.47 Å². The van der Waals surface area contributed by atoms with Crippen molar-refractivity contribution >= 4 is 0 Å². The van der Waals surface area contributed by atoms with E-state index in [4.69, 9.17) is 15.2 Å². The number of hydrogen-bond donors (Lipinski definition) is 2. The predicted molar refractivity (Wildman–Crippen MR) is 72.5 cm³/mol. The highest BCUT2D eigenvalue weighted by Gasteiger charge is 2.21. The van der Waals surface area contributed by atoms with E-state index in [0.29, 0.717) is 13.2 Å². The molecule has 0 radical (unpaired) electrons. The van der Waals surface area contributed by atoms with E-state index in [0.717, 1.165) is 32.3 Å². The molecule has 0 bridgehead atoms. The lowest BCUT2D eigenvalue weighted by Crippen LogP contribution is -2.38. The number of ether oxygens (including phenoxy) is 2. The van der Waals surface area contributed by atoms with Crippen LogP contribution in [0.2, 0.25) is 0 Å². The molecule has 0 aromatic rings. The zero-order valence-corrected chi connectivity index (χ0v) is 11.6. The van der Waals surface area contributed by atoms with Crippen molar-refractivity contribution in [2.45, 2.75) is 70.1 Å². The van der Waals surface area contributed by atoms with Crippen LogP contribution < -0.4 is 5.73 Å². The van der Waals surface area contributed by atoms with Crippen LogP contribution in [0, 0.1) is 0 Å². The summed E-state index contributed by atoms with van der Waals surface area (Å²) in [5, 5.41) is 9.74. The Morgan fingerprint density at radius 2 is 2.00 bits per heavy atom. The van der Waals surface area contributed by atoms with Crippen molar-refractivity contribution < 1.29 is 14.6 Å². The number of nitrogens with two attached hydrogens (primary N) is 1. The maximum Gasteiger partial charge on any atom is 0.101 e. The first-order chi connectivity index (χ1) is 8.74. The number of aliphatic hydroxyl groups is 1. The molecule has 3 N–H and O–H groups in total. The first-order valence-electron chi connectivity index (χ1n) is 7.37. The Bertz CT molecular complexity index is 201. The third-order valence-corrected chi connectivity index (χ3v) is 3.46. The fourth-order valence-corrected chi connectivity index (χ4v) is 2.26. The van der Waals surface area contributed by atoms with Gasteiger partial charge in [0.15, 0.2) is 0 Å². The van der Waals surface area contributed by atoms with Crippen LogP contribution in [0.3, 0.4) is 0 Å². The smallest absolute Gasteiger partial charge is 0.101 e. The molecule has 0 heterocycles. The van der Waals surface area contributed by atoms with E-state index < -0.39 is 6.10 Å². The Hall–Kier alpha value is -0.160. The average molecular weight is 259 g/mol. The summed E-state index contributed by atoms with van der Waals surface area (Å²) in [6.45, 7) is 3.54. The summed E-state index contributed by atoms with van der Waals surface area (Å²) in [6, 6.07) is 0.126. The molecular formula is C14H29NO3. The molecule has 1 fully saturated rings. The largest absolute Gasteiger partial charge is 0.388 e. The standard InChI is InChI=1S/C14H29NO3/c1-2-3-9-17-10-12(16)11-18-14-8-6-4-5-7-13(14)15/h12-14,16H,2-11,15H2,1H3. The van der Waals surface area contributed by atoms with E-state index in [1.54, 1.807) is 0 Å². The minimum absolute atomic E-state index is 0.109. The fraction of sp³-hybridized carbons (Fsp3) is 1.00. The first kappa shape index (κ1) is 15.9. The Labute approximate surface area is 111 Å². The molecule has 0 aliphatic heterocycles. The molecule has 3 unspecified atom stereocenters. The van der Waals surface area contributed by atoms with Gasteiger partial charge in [-0.25, -0.2) is 0 Å². The molecule has 4 nitrogen and oxygen atoms in total. The van der Waals surface area contributed by atoms with Crippen LogP contribution in [-0.4, -0.2) is 43.2 Å². The van der Waals surface area contributed by atoms with Gasteiger partial charge in [0.2, 0.25) is 0 Å². The quantitative estimate of drug-likeness (QED) is 0.516. The van der Waals surface area contributed by atoms with Gasteiger partial charge in [-0.3, -0.25) is 0 Å². The predicted octanol–water partition coefficient (Wildman–Crippen LogP) is 1.84. The molecule has 1 aliphatic rings. The van der Waals surface area contributed by atoms with Gasteiger partial charge in [-0.05, 0) is 19.3 Å². The van der Waals surface area contributed by atoms with Gasteiger partial charge >= 0.3 is 0 Å². The minimum Gasteiger partial charge on any atom is -0.388 e. The van der Waals surface area contributed by atoms with Crippen LogP contribution in [0.15, 0.2) is 0 Å². The molecule has 4 heteroatoms. The summed E-state index contributed by atoms with van der Waals surface area (Å²) in [7, 11) is 0. The lowest BCUT2D eigenvalue weighted by Gasteiger charge is -2.23. The van der Waals surface area contributed by atoms with Crippen LogP contribution >= 0.6 is 0 Å². The summed E-state index contributed by atoms with van der Waals surface area (Å²) < 4.78 is 11.1. The van der Waals surface area contributed by atoms with Crippen molar-refractivity contribution in [3.8, 4) is 0 Å². The molecule has 0 saturated heterocycles. The Morgan fingerprint density at radius 3 is 2.78 bits per heavy atom. The van der Waals surface area contributed by atoms with Gasteiger partial charge in [0, 0.05) is 12.6 Å². The number of unbranched alkanes of at least 4 members (excludes halogenated alkanes) is 1. The summed E-state index contributed by atoms with van der Waals surface area (Å²) in [5.74, 6) is 0. The topological polar surface area (TPSA) is 64.7 Å². The fourth-order valence-electron chi connectivity index (χ4n) is 2.26. The van der Waals surface area contributed by atoms with Crippen molar-refractivity contribution in [3.63, 3.8) is 0 Å². The van der Waals surface area contributed by atoms with Crippen LogP contribution in [0.5, 0.6) is 0 Å². The molecule has 0 amide bonds. The van der Waals surface area contributed by atoms with E-state index in [-0.39, 0.29) is 12.1 Å². The van der Waals surface area contributed by atoms with E-state index in [1.165, 1.54) is 19.3 Å². The van der Waals surface area contributed by atoms with Crippen LogP contribution in [0.1, 0.15) is 51.9 Å². The normalized spacial score (nSPS) is 26.8. The maximum atomic E-state index is 9.74. The summed E-state index contributed by atoms with van der Waals surface area (Å²) >= 11 is 0. The number of hydrogen-bond acceptors (Lipinski definition) is 4. The second-order valence-electron chi connectivity index (χ2n) is 5.26. The summed E-state index contributed by atoms with van der Waals surface area (Å²) in [5.41, 5.74) is 6.07. The Kier molecular flexibility index (Phi) is 8.59. The Morgan fingerprint density at radius 1 is 1.22 bits per heavy atom. The van der Waals surface area contributed by atoms with Gasteiger partial charge in [-0.2, -0.15) is 0 Å². The van der Waals surface area contributed by atoms with Gasteiger partial charge in [-0.15, -0.1) is 0 Å². The number of rotatable bonds is 8. The molecule has 1 rings (SSSR count). The summed E-state index contributed by atoms with van der Waals surface area (Å²) in [6.07, 6.45) is 7.42. The maximum absolute atomic E-state index is 9.74. The van der Waals surface area contributed by atoms with Gasteiger partial charge in [-0.1, -0.05) is 32.6 Å². The highest BCUT2D eigenvalue weighted by atomic mass is 16.5. The average Bonchev–Trinajstić information content (AvgIpc) is 2.57. The van der Waals surface area contributed by atoms with Gasteiger partial charge in [0.1, 0.15) is 6.10 Å². The molecule has 3 atom stereocenters. The molecule has 1 saturated carbocycles. The van der Waals surface area contributed by atoms with Crippen LogP contribution in [0.25, 0.3) is 0 Å². The summed E-state index contributed by atoms with van der Waals surface area (Å²) in [4.78, 5) is 0. The highest BCUT2D eigenvalue weighted by Crippen LogP contribution is 2.19. The van der Waals surface area contributed by atoms with Crippen molar-refractivity contribution in [1.82, 2.24) is 0 Å². The van der Waals surface area contributed by atoms with Crippen molar-refractivity contribution in [1.29, 1.82) is 0 Å². The molecule has 0 spiro atoms. The van der Waals surface area contributed by atoms with E-state index in [9.17, 15) is 5.11 Å². The van der Waals surface area contributed by atoms with Crippen molar-refractivity contribution in [2.75, 3.05) is 19.8 Å². The zero-order chi connectivity index (χ0) is 13.2. The third-order valence-electron chi connectivity index (χ3n) is 3.46.